The minimum absolute atomic E-state index is 0.0153. The van der Waals surface area contributed by atoms with E-state index in [9.17, 15) is 26.7 Å². The van der Waals surface area contributed by atoms with Crippen LogP contribution in [0.5, 0.6) is 0 Å². The van der Waals surface area contributed by atoms with Crippen LogP contribution in [0.25, 0.3) is 11.1 Å². The van der Waals surface area contributed by atoms with Crippen molar-refractivity contribution in [1.29, 1.82) is 0 Å². The Bertz CT molecular complexity index is 1030. The highest BCUT2D eigenvalue weighted by Gasteiger charge is 2.33. The van der Waals surface area contributed by atoms with Gasteiger partial charge in [-0.2, -0.15) is 13.2 Å². The number of aryl methyl sites for hydroxylation is 1. The molecule has 0 atom stereocenters. The number of hydrogen-bond donors (Lipinski definition) is 1. The van der Waals surface area contributed by atoms with Crippen LogP contribution in [0.2, 0.25) is 0 Å². The third kappa shape index (κ3) is 4.03. The van der Waals surface area contributed by atoms with Crippen LogP contribution in [0, 0.1) is 18.6 Å². The maximum Gasteiger partial charge on any atom is 0.417 e. The smallest absolute Gasteiger partial charge is 0.322 e. The topological polar surface area (TPSA) is 29.1 Å². The average Bonchev–Trinajstić information content (AvgIpc) is 2.63. The summed E-state index contributed by atoms with van der Waals surface area (Å²) in [5.74, 6) is -3.29. The molecule has 0 heterocycles. The molecule has 0 aromatic heterocycles. The summed E-state index contributed by atoms with van der Waals surface area (Å²) < 4.78 is 66.7. The molecule has 0 fully saturated rings. The Morgan fingerprint density at radius 1 is 0.929 bits per heavy atom. The molecular weight excluding hydrogens is 377 g/mol. The Morgan fingerprint density at radius 2 is 1.61 bits per heavy atom. The lowest BCUT2D eigenvalue weighted by atomic mass is 9.97. The molecule has 1 amide bonds. The first-order valence-electron chi connectivity index (χ1n) is 8.20. The van der Waals surface area contributed by atoms with E-state index in [1.54, 1.807) is 6.92 Å². The van der Waals surface area contributed by atoms with Crippen LogP contribution in [0.15, 0.2) is 60.7 Å². The first kappa shape index (κ1) is 19.5. The van der Waals surface area contributed by atoms with Gasteiger partial charge in [-0.25, -0.2) is 8.78 Å². The van der Waals surface area contributed by atoms with Crippen LogP contribution in [0.1, 0.15) is 21.5 Å². The second-order valence-electron chi connectivity index (χ2n) is 6.18. The number of rotatable bonds is 3. The van der Waals surface area contributed by atoms with Crippen LogP contribution in [0.3, 0.4) is 0 Å². The summed E-state index contributed by atoms with van der Waals surface area (Å²) in [5, 5.41) is 2.39. The van der Waals surface area contributed by atoms with Crippen molar-refractivity contribution in [3.63, 3.8) is 0 Å². The van der Waals surface area contributed by atoms with E-state index in [-0.39, 0.29) is 11.3 Å². The fourth-order valence-corrected chi connectivity index (χ4v) is 2.75. The van der Waals surface area contributed by atoms with E-state index < -0.39 is 34.8 Å². The van der Waals surface area contributed by atoms with Crippen molar-refractivity contribution in [2.24, 2.45) is 0 Å². The Hall–Kier alpha value is -3.22. The van der Waals surface area contributed by atoms with Crippen molar-refractivity contribution < 1.29 is 26.7 Å². The lowest BCUT2D eigenvalue weighted by Crippen LogP contribution is -2.14. The molecule has 7 heteroatoms. The van der Waals surface area contributed by atoms with Crippen molar-refractivity contribution in [1.82, 2.24) is 0 Å². The van der Waals surface area contributed by atoms with Gasteiger partial charge in [-0.1, -0.05) is 35.9 Å². The van der Waals surface area contributed by atoms with Crippen LogP contribution < -0.4 is 5.32 Å². The number of benzene rings is 3. The molecule has 28 heavy (non-hydrogen) atoms. The van der Waals surface area contributed by atoms with Crippen molar-refractivity contribution >= 4 is 11.6 Å². The van der Waals surface area contributed by atoms with Crippen LogP contribution >= 0.6 is 0 Å². The van der Waals surface area contributed by atoms with Gasteiger partial charge >= 0.3 is 6.18 Å². The Balaban J connectivity index is 1.88. The molecule has 0 unspecified atom stereocenters. The van der Waals surface area contributed by atoms with Crippen LogP contribution in [0.4, 0.5) is 27.6 Å². The standard InChI is InChI=1S/C21H14F5NO/c1-12-5-10-17(21(24,25)26)16(11-12)13-6-8-14(9-7-13)27-20(28)15-3-2-4-18(22)19(15)23/h2-11H,1H3,(H,27,28). The largest absolute Gasteiger partial charge is 0.417 e. The third-order valence-electron chi connectivity index (χ3n) is 4.13. The van der Waals surface area contributed by atoms with Gasteiger partial charge < -0.3 is 5.32 Å². The van der Waals surface area contributed by atoms with Crippen LogP contribution in [-0.2, 0) is 6.18 Å². The van der Waals surface area contributed by atoms with Gasteiger partial charge in [0, 0.05) is 5.69 Å². The molecule has 3 rings (SSSR count). The predicted molar refractivity (Wildman–Crippen MR) is 95.9 cm³/mol. The van der Waals surface area contributed by atoms with E-state index in [4.69, 9.17) is 0 Å². The fraction of sp³-hybridized carbons (Fsp3) is 0.0952. The molecular formula is C21H14F5NO. The van der Waals surface area contributed by atoms with Crippen molar-refractivity contribution in [2.45, 2.75) is 13.1 Å². The van der Waals surface area contributed by atoms with Crippen molar-refractivity contribution in [2.75, 3.05) is 5.32 Å². The predicted octanol–water partition coefficient (Wildman–Crippen LogP) is 6.21. The lowest BCUT2D eigenvalue weighted by molar-refractivity contribution is -0.137. The molecule has 0 aliphatic heterocycles. The molecule has 0 saturated heterocycles. The monoisotopic (exact) mass is 391 g/mol. The number of nitrogens with one attached hydrogen (secondary N) is 1. The second-order valence-corrected chi connectivity index (χ2v) is 6.18. The maximum absolute atomic E-state index is 13.7. The average molecular weight is 391 g/mol. The van der Waals surface area contributed by atoms with Gasteiger partial charge in [-0.05, 0) is 48.4 Å². The molecule has 0 radical (unpaired) electrons. The molecule has 144 valence electrons. The van der Waals surface area contributed by atoms with E-state index in [1.165, 1.54) is 42.5 Å². The highest BCUT2D eigenvalue weighted by molar-refractivity contribution is 6.04. The van der Waals surface area contributed by atoms with E-state index in [0.29, 0.717) is 11.1 Å². The minimum Gasteiger partial charge on any atom is -0.322 e. The highest BCUT2D eigenvalue weighted by atomic mass is 19.4. The normalized spacial score (nSPS) is 11.4. The molecule has 0 aliphatic rings. The third-order valence-corrected chi connectivity index (χ3v) is 4.13. The number of halogens is 5. The zero-order valence-electron chi connectivity index (χ0n) is 14.6. The van der Waals surface area contributed by atoms with E-state index >= 15 is 0 Å². The summed E-state index contributed by atoms with van der Waals surface area (Å²) in [4.78, 5) is 12.1. The zero-order valence-corrected chi connectivity index (χ0v) is 14.6. The number of anilines is 1. The summed E-state index contributed by atoms with van der Waals surface area (Å²) in [6.45, 7) is 1.69. The second kappa shape index (κ2) is 7.42. The molecule has 1 N–H and O–H groups in total. The number of amides is 1. The van der Waals surface area contributed by atoms with Crippen molar-refractivity contribution in [3.8, 4) is 11.1 Å². The van der Waals surface area contributed by atoms with Gasteiger partial charge in [0.1, 0.15) is 0 Å². The number of carbonyl (C=O) groups is 1. The SMILES string of the molecule is Cc1ccc(C(F)(F)F)c(-c2ccc(NC(=O)c3cccc(F)c3F)cc2)c1. The molecule has 0 bridgehead atoms. The lowest BCUT2D eigenvalue weighted by Gasteiger charge is -2.14. The van der Waals surface area contributed by atoms with Gasteiger partial charge in [0.2, 0.25) is 0 Å². The Labute approximate surface area is 157 Å². The Kier molecular flexibility index (Phi) is 5.18. The van der Waals surface area contributed by atoms with E-state index in [0.717, 1.165) is 18.2 Å². The van der Waals surface area contributed by atoms with Gasteiger partial charge in [0.25, 0.3) is 5.91 Å². The summed E-state index contributed by atoms with van der Waals surface area (Å²) in [5.41, 5.74) is -0.00747. The first-order chi connectivity index (χ1) is 13.2. The minimum atomic E-state index is -4.51. The Morgan fingerprint density at radius 3 is 2.25 bits per heavy atom. The molecule has 3 aromatic rings. The summed E-state index contributed by atoms with van der Waals surface area (Å²) in [7, 11) is 0. The van der Waals surface area contributed by atoms with E-state index in [2.05, 4.69) is 5.32 Å². The van der Waals surface area contributed by atoms with Gasteiger partial charge in [-0.3, -0.25) is 4.79 Å². The van der Waals surface area contributed by atoms with Gasteiger partial charge in [0.05, 0.1) is 11.1 Å². The quantitative estimate of drug-likeness (QED) is 0.529. The number of carbonyl (C=O) groups excluding carboxylic acids is 1. The molecule has 3 aromatic carbocycles. The fourth-order valence-electron chi connectivity index (χ4n) is 2.75. The first-order valence-corrected chi connectivity index (χ1v) is 8.20. The van der Waals surface area contributed by atoms with Crippen LogP contribution in [-0.4, -0.2) is 5.91 Å². The zero-order chi connectivity index (χ0) is 20.5. The number of alkyl halides is 3. The van der Waals surface area contributed by atoms with Gasteiger partial charge in [-0.15, -0.1) is 0 Å². The molecule has 0 aliphatic carbocycles. The molecule has 2 nitrogen and oxygen atoms in total. The number of hydrogen-bond acceptors (Lipinski definition) is 1. The summed E-state index contributed by atoms with van der Waals surface area (Å²) in [6.07, 6.45) is -4.51. The van der Waals surface area contributed by atoms with Crippen molar-refractivity contribution in [3.05, 3.63) is 89.0 Å². The van der Waals surface area contributed by atoms with Gasteiger partial charge in [0.15, 0.2) is 11.6 Å². The molecule has 0 saturated carbocycles. The highest BCUT2D eigenvalue weighted by Crippen LogP contribution is 2.37. The summed E-state index contributed by atoms with van der Waals surface area (Å²) in [6, 6.07) is 12.7. The summed E-state index contributed by atoms with van der Waals surface area (Å²) >= 11 is 0. The molecule has 0 spiro atoms. The van der Waals surface area contributed by atoms with E-state index in [1.807, 2.05) is 0 Å². The maximum atomic E-state index is 13.7.